The molecule has 0 aliphatic rings. The first-order valence-electron chi connectivity index (χ1n) is 4.82. The van der Waals surface area contributed by atoms with Crippen molar-refractivity contribution in [2.45, 2.75) is 9.92 Å². The number of phenols is 1. The summed E-state index contributed by atoms with van der Waals surface area (Å²) in [5.74, 6) is -0.826. The third kappa shape index (κ3) is 2.76. The fourth-order valence-electron chi connectivity index (χ4n) is 1.26. The molecule has 0 atom stereocenters. The number of hydrogen-bond donors (Lipinski definition) is 2. The molecular formula is C12H9NO3S. The van der Waals surface area contributed by atoms with Gasteiger partial charge in [-0.1, -0.05) is 11.8 Å². The molecule has 1 aromatic carbocycles. The molecule has 0 aliphatic carbocycles. The minimum atomic E-state index is -1.00. The number of carboxylic acids is 1. The Bertz CT molecular complexity index is 540. The largest absolute Gasteiger partial charge is 0.508 e. The van der Waals surface area contributed by atoms with Crippen LogP contribution in [0.2, 0.25) is 0 Å². The Kier molecular flexibility index (Phi) is 3.30. The van der Waals surface area contributed by atoms with Crippen molar-refractivity contribution in [1.82, 2.24) is 4.98 Å². The van der Waals surface area contributed by atoms with E-state index in [2.05, 4.69) is 4.98 Å². The Morgan fingerprint density at radius 2 is 1.88 bits per heavy atom. The molecule has 0 bridgehead atoms. The highest BCUT2D eigenvalue weighted by Crippen LogP contribution is 2.29. The Labute approximate surface area is 102 Å². The van der Waals surface area contributed by atoms with Crippen molar-refractivity contribution in [3.05, 3.63) is 48.2 Å². The molecule has 17 heavy (non-hydrogen) atoms. The van der Waals surface area contributed by atoms with E-state index >= 15 is 0 Å². The number of benzene rings is 1. The van der Waals surface area contributed by atoms with E-state index in [9.17, 15) is 4.79 Å². The van der Waals surface area contributed by atoms with E-state index in [0.29, 0.717) is 5.03 Å². The van der Waals surface area contributed by atoms with Crippen molar-refractivity contribution in [2.24, 2.45) is 0 Å². The number of carboxylic acid groups (broad SMARTS) is 1. The maximum atomic E-state index is 11.0. The number of phenolic OH excluding ortho intramolecular Hbond substituents is 1. The molecule has 5 heteroatoms. The van der Waals surface area contributed by atoms with Crippen LogP contribution in [0.5, 0.6) is 5.75 Å². The molecule has 0 saturated carbocycles. The van der Waals surface area contributed by atoms with Gasteiger partial charge in [-0.3, -0.25) is 0 Å². The summed E-state index contributed by atoms with van der Waals surface area (Å²) in [5, 5.41) is 18.6. The van der Waals surface area contributed by atoms with Gasteiger partial charge in [-0.05, 0) is 36.4 Å². The van der Waals surface area contributed by atoms with Gasteiger partial charge in [0.25, 0.3) is 0 Å². The summed E-state index contributed by atoms with van der Waals surface area (Å²) in [4.78, 5) is 15.8. The van der Waals surface area contributed by atoms with Gasteiger partial charge in [0.2, 0.25) is 0 Å². The Hall–Kier alpha value is -2.01. The summed E-state index contributed by atoms with van der Waals surface area (Å²) in [5.41, 5.74) is 0.172. The quantitative estimate of drug-likeness (QED) is 0.872. The lowest BCUT2D eigenvalue weighted by molar-refractivity contribution is 0.0692. The van der Waals surface area contributed by atoms with Gasteiger partial charge in [-0.2, -0.15) is 0 Å². The molecule has 2 rings (SSSR count). The summed E-state index contributed by atoms with van der Waals surface area (Å²) in [6, 6.07) is 9.61. The van der Waals surface area contributed by atoms with E-state index in [0.717, 1.165) is 4.90 Å². The number of aromatic carboxylic acids is 1. The number of hydrogen-bond acceptors (Lipinski definition) is 4. The van der Waals surface area contributed by atoms with Gasteiger partial charge < -0.3 is 10.2 Å². The SMILES string of the molecule is O=C(O)c1cccnc1Sc1ccc(O)cc1. The van der Waals surface area contributed by atoms with Crippen LogP contribution in [0.15, 0.2) is 52.5 Å². The fourth-order valence-corrected chi connectivity index (χ4v) is 2.14. The molecule has 4 nitrogen and oxygen atoms in total. The molecule has 1 heterocycles. The van der Waals surface area contributed by atoms with Crippen LogP contribution in [0.3, 0.4) is 0 Å². The van der Waals surface area contributed by atoms with Crippen molar-refractivity contribution in [2.75, 3.05) is 0 Å². The topological polar surface area (TPSA) is 70.4 Å². The molecule has 2 aromatic rings. The lowest BCUT2D eigenvalue weighted by Crippen LogP contribution is -1.99. The van der Waals surface area contributed by atoms with Crippen LogP contribution < -0.4 is 0 Å². The first kappa shape index (κ1) is 11.5. The third-order valence-corrected chi connectivity index (χ3v) is 3.08. The van der Waals surface area contributed by atoms with Crippen molar-refractivity contribution >= 4 is 17.7 Å². The van der Waals surface area contributed by atoms with Gasteiger partial charge in [0, 0.05) is 11.1 Å². The summed E-state index contributed by atoms with van der Waals surface area (Å²) >= 11 is 1.25. The van der Waals surface area contributed by atoms with Crippen molar-refractivity contribution < 1.29 is 15.0 Å². The molecule has 2 N–H and O–H groups in total. The van der Waals surface area contributed by atoms with Gasteiger partial charge in [-0.15, -0.1) is 0 Å². The van der Waals surface area contributed by atoms with Crippen LogP contribution in [0.4, 0.5) is 0 Å². The zero-order valence-electron chi connectivity index (χ0n) is 8.70. The molecule has 0 fully saturated rings. The number of carbonyl (C=O) groups is 1. The summed E-state index contributed by atoms with van der Waals surface area (Å²) in [7, 11) is 0. The van der Waals surface area contributed by atoms with Crippen LogP contribution in [0.25, 0.3) is 0 Å². The average Bonchev–Trinajstić information content (AvgIpc) is 2.32. The maximum absolute atomic E-state index is 11.0. The molecule has 0 aliphatic heterocycles. The highest BCUT2D eigenvalue weighted by molar-refractivity contribution is 7.99. The fraction of sp³-hybridized carbons (Fsp3) is 0. The normalized spacial score (nSPS) is 10.1. The van der Waals surface area contributed by atoms with E-state index in [-0.39, 0.29) is 11.3 Å². The van der Waals surface area contributed by atoms with Gasteiger partial charge in [-0.25, -0.2) is 9.78 Å². The highest BCUT2D eigenvalue weighted by Gasteiger charge is 2.11. The van der Waals surface area contributed by atoms with Gasteiger partial charge in [0.15, 0.2) is 0 Å². The lowest BCUT2D eigenvalue weighted by atomic mass is 10.3. The Morgan fingerprint density at radius 3 is 2.53 bits per heavy atom. The molecule has 0 amide bonds. The summed E-state index contributed by atoms with van der Waals surface area (Å²) in [6.07, 6.45) is 1.55. The molecule has 1 aromatic heterocycles. The third-order valence-electron chi connectivity index (χ3n) is 2.05. The van der Waals surface area contributed by atoms with Crippen molar-refractivity contribution in [3.63, 3.8) is 0 Å². The van der Waals surface area contributed by atoms with Crippen LogP contribution in [0.1, 0.15) is 10.4 Å². The predicted molar refractivity (Wildman–Crippen MR) is 63.4 cm³/mol. The van der Waals surface area contributed by atoms with Gasteiger partial charge in [0.1, 0.15) is 10.8 Å². The predicted octanol–water partition coefficient (Wildman–Crippen LogP) is 2.64. The van der Waals surface area contributed by atoms with E-state index in [4.69, 9.17) is 10.2 Å². The lowest BCUT2D eigenvalue weighted by Gasteiger charge is -2.04. The van der Waals surface area contributed by atoms with E-state index < -0.39 is 5.97 Å². The number of pyridine rings is 1. The van der Waals surface area contributed by atoms with Crippen molar-refractivity contribution in [3.8, 4) is 5.75 Å². The number of aromatic hydroxyl groups is 1. The minimum Gasteiger partial charge on any atom is -0.508 e. The second-order valence-electron chi connectivity index (χ2n) is 3.26. The van der Waals surface area contributed by atoms with E-state index in [1.165, 1.54) is 17.8 Å². The second kappa shape index (κ2) is 4.88. The molecule has 0 unspecified atom stereocenters. The van der Waals surface area contributed by atoms with Crippen LogP contribution >= 0.6 is 11.8 Å². The molecule has 0 spiro atoms. The van der Waals surface area contributed by atoms with Crippen LogP contribution in [-0.2, 0) is 0 Å². The van der Waals surface area contributed by atoms with Crippen LogP contribution in [0, 0.1) is 0 Å². The average molecular weight is 247 g/mol. The first-order chi connectivity index (χ1) is 8.16. The standard InChI is InChI=1S/C12H9NO3S/c14-8-3-5-9(6-4-8)17-11-10(12(15)16)2-1-7-13-11/h1-7,14H,(H,15,16). The highest BCUT2D eigenvalue weighted by atomic mass is 32.2. The van der Waals surface area contributed by atoms with Gasteiger partial charge in [0.05, 0.1) is 5.56 Å². The zero-order valence-corrected chi connectivity index (χ0v) is 9.52. The molecule has 0 saturated heterocycles. The van der Waals surface area contributed by atoms with E-state index in [1.807, 2.05) is 0 Å². The minimum absolute atomic E-state index is 0.172. The zero-order chi connectivity index (χ0) is 12.3. The van der Waals surface area contributed by atoms with E-state index in [1.54, 1.807) is 36.5 Å². The monoisotopic (exact) mass is 247 g/mol. The maximum Gasteiger partial charge on any atom is 0.338 e. The van der Waals surface area contributed by atoms with Crippen molar-refractivity contribution in [1.29, 1.82) is 0 Å². The Balaban J connectivity index is 2.30. The smallest absolute Gasteiger partial charge is 0.338 e. The second-order valence-corrected chi connectivity index (χ2v) is 4.32. The molecule has 0 radical (unpaired) electrons. The number of rotatable bonds is 3. The summed E-state index contributed by atoms with van der Waals surface area (Å²) in [6.45, 7) is 0. The molecule has 86 valence electrons. The van der Waals surface area contributed by atoms with Gasteiger partial charge >= 0.3 is 5.97 Å². The Morgan fingerprint density at radius 1 is 1.18 bits per heavy atom. The molecular weight excluding hydrogens is 238 g/mol. The number of nitrogens with zero attached hydrogens (tertiary/aromatic N) is 1. The number of aromatic nitrogens is 1. The summed E-state index contributed by atoms with van der Waals surface area (Å²) < 4.78 is 0. The first-order valence-corrected chi connectivity index (χ1v) is 5.63. The van der Waals surface area contributed by atoms with Crippen LogP contribution in [-0.4, -0.2) is 21.2 Å².